The minimum absolute atomic E-state index is 0.185. The third-order valence-corrected chi connectivity index (χ3v) is 4.50. The van der Waals surface area contributed by atoms with Crippen molar-refractivity contribution in [2.75, 3.05) is 19.6 Å². The van der Waals surface area contributed by atoms with Gasteiger partial charge >= 0.3 is 0 Å². The van der Waals surface area contributed by atoms with Gasteiger partial charge in [0.15, 0.2) is 0 Å². The van der Waals surface area contributed by atoms with E-state index in [0.29, 0.717) is 24.5 Å². The van der Waals surface area contributed by atoms with Crippen LogP contribution in [0.1, 0.15) is 45.4 Å². The van der Waals surface area contributed by atoms with Crippen LogP contribution in [-0.4, -0.2) is 42.5 Å². The van der Waals surface area contributed by atoms with Crippen molar-refractivity contribution in [3.8, 4) is 0 Å². The Morgan fingerprint density at radius 3 is 2.50 bits per heavy atom. The summed E-state index contributed by atoms with van der Waals surface area (Å²) in [4.78, 5) is 14.2. The summed E-state index contributed by atoms with van der Waals surface area (Å²) < 4.78 is 0. The highest BCUT2D eigenvalue weighted by atomic mass is 16.2. The lowest BCUT2D eigenvalue weighted by Gasteiger charge is -2.30. The van der Waals surface area contributed by atoms with E-state index in [1.54, 1.807) is 0 Å². The highest BCUT2D eigenvalue weighted by molar-refractivity contribution is 5.78. The average molecular weight is 253 g/mol. The fourth-order valence-electron chi connectivity index (χ4n) is 3.19. The molecule has 0 aromatic heterocycles. The maximum Gasteiger partial charge on any atom is 0.234 e. The van der Waals surface area contributed by atoms with Crippen LogP contribution in [0.15, 0.2) is 0 Å². The van der Waals surface area contributed by atoms with Gasteiger partial charge in [0.05, 0.1) is 6.54 Å². The van der Waals surface area contributed by atoms with Gasteiger partial charge in [-0.25, -0.2) is 0 Å². The molecule has 0 bridgehead atoms. The number of nitrogens with one attached hydrogen (secondary N) is 1. The normalized spacial score (nSPS) is 25.2. The van der Waals surface area contributed by atoms with Gasteiger partial charge in [-0.15, -0.1) is 0 Å². The number of hydrogen-bond donors (Lipinski definition) is 2. The third kappa shape index (κ3) is 3.95. The van der Waals surface area contributed by atoms with Crippen molar-refractivity contribution in [1.29, 1.82) is 0 Å². The minimum Gasteiger partial charge on any atom is -0.352 e. The van der Waals surface area contributed by atoms with Crippen molar-refractivity contribution in [1.82, 2.24) is 10.2 Å². The Balaban J connectivity index is 1.68. The summed E-state index contributed by atoms with van der Waals surface area (Å²) in [5, 5.41) is 3.17. The molecule has 1 saturated heterocycles. The average Bonchev–Trinajstić information content (AvgIpc) is 2.85. The summed E-state index contributed by atoms with van der Waals surface area (Å²) in [5.41, 5.74) is 5.86. The second-order valence-electron chi connectivity index (χ2n) is 6.01. The first-order valence-corrected chi connectivity index (χ1v) is 7.42. The van der Waals surface area contributed by atoms with Gasteiger partial charge in [-0.2, -0.15) is 0 Å². The molecule has 3 N–H and O–H groups in total. The molecule has 1 heterocycles. The van der Waals surface area contributed by atoms with E-state index in [-0.39, 0.29) is 5.91 Å². The van der Waals surface area contributed by atoms with Crippen molar-refractivity contribution in [3.05, 3.63) is 0 Å². The lowest BCUT2D eigenvalue weighted by atomic mass is 10.00. The quantitative estimate of drug-likeness (QED) is 0.789. The van der Waals surface area contributed by atoms with Crippen LogP contribution in [0, 0.1) is 5.92 Å². The SMILES string of the molecule is CC(NC(=O)CN1CCC(N)CC1)C1CCCC1. The Kier molecular flexibility index (Phi) is 5.01. The fraction of sp³-hybridized carbons (Fsp3) is 0.929. The predicted octanol–water partition coefficient (Wildman–Crippen LogP) is 1.10. The van der Waals surface area contributed by atoms with E-state index in [4.69, 9.17) is 5.73 Å². The summed E-state index contributed by atoms with van der Waals surface area (Å²) >= 11 is 0. The van der Waals surface area contributed by atoms with Crippen LogP contribution < -0.4 is 11.1 Å². The second kappa shape index (κ2) is 6.53. The van der Waals surface area contributed by atoms with Gasteiger partial charge < -0.3 is 11.1 Å². The number of likely N-dealkylation sites (tertiary alicyclic amines) is 1. The molecule has 1 aliphatic carbocycles. The molecular weight excluding hydrogens is 226 g/mol. The molecule has 1 saturated carbocycles. The molecule has 4 nitrogen and oxygen atoms in total. The van der Waals surface area contributed by atoms with Gasteiger partial charge in [0.2, 0.25) is 5.91 Å². The molecule has 1 aliphatic heterocycles. The molecule has 18 heavy (non-hydrogen) atoms. The molecule has 0 radical (unpaired) electrons. The van der Waals surface area contributed by atoms with Crippen molar-refractivity contribution < 1.29 is 4.79 Å². The summed E-state index contributed by atoms with van der Waals surface area (Å²) in [6.07, 6.45) is 7.25. The van der Waals surface area contributed by atoms with Crippen LogP contribution in [0.5, 0.6) is 0 Å². The molecule has 2 aliphatic rings. The van der Waals surface area contributed by atoms with Crippen LogP contribution in [0.25, 0.3) is 0 Å². The number of piperidine rings is 1. The maximum atomic E-state index is 12.0. The highest BCUT2D eigenvalue weighted by Crippen LogP contribution is 2.27. The molecule has 2 fully saturated rings. The summed E-state index contributed by atoms with van der Waals surface area (Å²) in [6.45, 7) is 4.63. The van der Waals surface area contributed by atoms with Crippen LogP contribution in [0.3, 0.4) is 0 Å². The molecule has 0 spiro atoms. The number of amides is 1. The minimum atomic E-state index is 0.185. The number of nitrogens with zero attached hydrogens (tertiary/aromatic N) is 1. The van der Waals surface area contributed by atoms with Crippen LogP contribution >= 0.6 is 0 Å². The van der Waals surface area contributed by atoms with Gasteiger partial charge in [0, 0.05) is 25.2 Å². The van der Waals surface area contributed by atoms with Crippen molar-refractivity contribution in [3.63, 3.8) is 0 Å². The number of hydrogen-bond acceptors (Lipinski definition) is 3. The van der Waals surface area contributed by atoms with E-state index in [2.05, 4.69) is 17.1 Å². The number of nitrogens with two attached hydrogens (primary N) is 1. The molecule has 0 aromatic carbocycles. The maximum absolute atomic E-state index is 12.0. The molecule has 1 amide bonds. The molecule has 4 heteroatoms. The largest absolute Gasteiger partial charge is 0.352 e. The molecule has 104 valence electrons. The van der Waals surface area contributed by atoms with E-state index >= 15 is 0 Å². The van der Waals surface area contributed by atoms with Crippen molar-refractivity contribution in [2.45, 2.75) is 57.5 Å². The zero-order chi connectivity index (χ0) is 13.0. The second-order valence-corrected chi connectivity index (χ2v) is 6.01. The topological polar surface area (TPSA) is 58.4 Å². The predicted molar refractivity (Wildman–Crippen MR) is 73.2 cm³/mol. The van der Waals surface area contributed by atoms with Gasteiger partial charge in [-0.3, -0.25) is 9.69 Å². The zero-order valence-corrected chi connectivity index (χ0v) is 11.5. The Morgan fingerprint density at radius 2 is 1.89 bits per heavy atom. The van der Waals surface area contributed by atoms with Gasteiger partial charge in [-0.05, 0) is 38.5 Å². The Bertz CT molecular complexity index is 268. The molecule has 2 rings (SSSR count). The lowest BCUT2D eigenvalue weighted by Crippen LogP contribution is -2.47. The summed E-state index contributed by atoms with van der Waals surface area (Å²) in [5.74, 6) is 0.883. The number of rotatable bonds is 4. The first kappa shape index (κ1) is 13.8. The third-order valence-electron chi connectivity index (χ3n) is 4.50. The standard InChI is InChI=1S/C14H27N3O/c1-11(12-4-2-3-5-12)16-14(18)10-17-8-6-13(15)7-9-17/h11-13H,2-10,15H2,1H3,(H,16,18). The molecular formula is C14H27N3O. The van der Waals surface area contributed by atoms with Gasteiger partial charge in [0.25, 0.3) is 0 Å². The molecule has 1 atom stereocenters. The first-order chi connectivity index (χ1) is 8.65. The van der Waals surface area contributed by atoms with E-state index in [0.717, 1.165) is 25.9 Å². The molecule has 1 unspecified atom stereocenters. The Morgan fingerprint density at radius 1 is 1.28 bits per heavy atom. The Hall–Kier alpha value is -0.610. The lowest BCUT2D eigenvalue weighted by molar-refractivity contribution is -0.123. The highest BCUT2D eigenvalue weighted by Gasteiger charge is 2.24. The van der Waals surface area contributed by atoms with Crippen LogP contribution in [-0.2, 0) is 4.79 Å². The first-order valence-electron chi connectivity index (χ1n) is 7.42. The van der Waals surface area contributed by atoms with Gasteiger partial charge in [0.1, 0.15) is 0 Å². The number of carbonyl (C=O) groups excluding carboxylic acids is 1. The monoisotopic (exact) mass is 253 g/mol. The van der Waals surface area contributed by atoms with Crippen molar-refractivity contribution >= 4 is 5.91 Å². The van der Waals surface area contributed by atoms with E-state index < -0.39 is 0 Å². The van der Waals surface area contributed by atoms with Crippen LogP contribution in [0.2, 0.25) is 0 Å². The van der Waals surface area contributed by atoms with Crippen molar-refractivity contribution in [2.24, 2.45) is 11.7 Å². The summed E-state index contributed by atoms with van der Waals surface area (Å²) in [7, 11) is 0. The van der Waals surface area contributed by atoms with Gasteiger partial charge in [-0.1, -0.05) is 12.8 Å². The summed E-state index contributed by atoms with van der Waals surface area (Å²) in [6, 6.07) is 0.675. The van der Waals surface area contributed by atoms with Crippen LogP contribution in [0.4, 0.5) is 0 Å². The molecule has 0 aromatic rings. The Labute approximate surface area is 110 Å². The zero-order valence-electron chi connectivity index (χ0n) is 11.5. The van der Waals surface area contributed by atoms with E-state index in [1.165, 1.54) is 25.7 Å². The smallest absolute Gasteiger partial charge is 0.234 e. The van der Waals surface area contributed by atoms with E-state index in [1.807, 2.05) is 0 Å². The number of carbonyl (C=O) groups is 1. The van der Waals surface area contributed by atoms with E-state index in [9.17, 15) is 4.79 Å². The fourth-order valence-corrected chi connectivity index (χ4v) is 3.19.